The molecule has 0 spiro atoms. The maximum absolute atomic E-state index is 9.68. The lowest BCUT2D eigenvalue weighted by Gasteiger charge is -2.40. The highest BCUT2D eigenvalue weighted by Gasteiger charge is 2.44. The molecule has 2 atom stereocenters. The SMILES string of the molecule is CC1CCCC(CO)(NCC2(CC#N)CC2)C1. The standard InChI is InChI=1S/C14H24N2O/c1-12-3-2-4-14(9-12,11-17)16-10-13(5-6-13)7-8-15/h12,16-17H,2-7,9-11H2,1H3. The van der Waals surface area contributed by atoms with Crippen LogP contribution in [0.1, 0.15) is 51.9 Å². The summed E-state index contributed by atoms with van der Waals surface area (Å²) in [4.78, 5) is 0. The van der Waals surface area contributed by atoms with Crippen molar-refractivity contribution in [3.05, 3.63) is 0 Å². The highest BCUT2D eigenvalue weighted by atomic mass is 16.3. The first kappa shape index (κ1) is 12.9. The van der Waals surface area contributed by atoms with Crippen LogP contribution in [0.4, 0.5) is 0 Å². The average molecular weight is 236 g/mol. The van der Waals surface area contributed by atoms with E-state index in [9.17, 15) is 5.11 Å². The van der Waals surface area contributed by atoms with Gasteiger partial charge in [0.25, 0.3) is 0 Å². The third kappa shape index (κ3) is 3.00. The van der Waals surface area contributed by atoms with Crippen LogP contribution in [-0.4, -0.2) is 23.8 Å². The van der Waals surface area contributed by atoms with Gasteiger partial charge in [-0.05, 0) is 37.0 Å². The second-order valence-corrected chi connectivity index (χ2v) is 6.33. The Bertz CT molecular complexity index is 306. The Balaban J connectivity index is 1.89. The fraction of sp³-hybridized carbons (Fsp3) is 0.929. The van der Waals surface area contributed by atoms with Crippen LogP contribution >= 0.6 is 0 Å². The fourth-order valence-electron chi connectivity index (χ4n) is 3.16. The predicted octanol–water partition coefficient (Wildman–Crippen LogP) is 2.21. The maximum Gasteiger partial charge on any atom is 0.0628 e. The molecule has 3 nitrogen and oxygen atoms in total. The molecule has 2 fully saturated rings. The Hall–Kier alpha value is -0.590. The van der Waals surface area contributed by atoms with Crippen LogP contribution in [0.5, 0.6) is 0 Å². The molecule has 0 amide bonds. The quantitative estimate of drug-likeness (QED) is 0.769. The van der Waals surface area contributed by atoms with E-state index in [0.29, 0.717) is 12.3 Å². The molecule has 2 N–H and O–H groups in total. The second-order valence-electron chi connectivity index (χ2n) is 6.33. The van der Waals surface area contributed by atoms with Gasteiger partial charge < -0.3 is 10.4 Å². The molecule has 2 saturated carbocycles. The lowest BCUT2D eigenvalue weighted by molar-refractivity contribution is 0.0942. The summed E-state index contributed by atoms with van der Waals surface area (Å²) in [6.45, 7) is 3.42. The van der Waals surface area contributed by atoms with Crippen molar-refractivity contribution in [2.75, 3.05) is 13.2 Å². The topological polar surface area (TPSA) is 56.0 Å². The van der Waals surface area contributed by atoms with Gasteiger partial charge in [-0.15, -0.1) is 0 Å². The molecule has 2 aliphatic rings. The number of hydrogen-bond acceptors (Lipinski definition) is 3. The van der Waals surface area contributed by atoms with E-state index >= 15 is 0 Å². The number of hydrogen-bond donors (Lipinski definition) is 2. The zero-order valence-electron chi connectivity index (χ0n) is 10.8. The monoisotopic (exact) mass is 236 g/mol. The normalized spacial score (nSPS) is 35.2. The van der Waals surface area contributed by atoms with Gasteiger partial charge >= 0.3 is 0 Å². The molecule has 0 bridgehead atoms. The highest BCUT2D eigenvalue weighted by Crippen LogP contribution is 2.48. The molecule has 3 heteroatoms. The summed E-state index contributed by atoms with van der Waals surface area (Å²) >= 11 is 0. The van der Waals surface area contributed by atoms with E-state index in [4.69, 9.17) is 5.26 Å². The van der Waals surface area contributed by atoms with Crippen molar-refractivity contribution in [1.29, 1.82) is 5.26 Å². The van der Waals surface area contributed by atoms with Crippen molar-refractivity contribution in [2.24, 2.45) is 11.3 Å². The Morgan fingerprint density at radius 3 is 2.71 bits per heavy atom. The number of aliphatic hydroxyl groups is 1. The average Bonchev–Trinajstić information content (AvgIpc) is 3.08. The number of nitriles is 1. The van der Waals surface area contributed by atoms with Crippen LogP contribution in [0.2, 0.25) is 0 Å². The van der Waals surface area contributed by atoms with Gasteiger partial charge in [0.15, 0.2) is 0 Å². The van der Waals surface area contributed by atoms with E-state index in [-0.39, 0.29) is 17.6 Å². The summed E-state index contributed by atoms with van der Waals surface area (Å²) in [5, 5.41) is 22.1. The maximum atomic E-state index is 9.68. The van der Waals surface area contributed by atoms with Crippen molar-refractivity contribution in [3.63, 3.8) is 0 Å². The van der Waals surface area contributed by atoms with E-state index in [1.807, 2.05) is 0 Å². The van der Waals surface area contributed by atoms with Gasteiger partial charge in [0, 0.05) is 18.5 Å². The lowest BCUT2D eigenvalue weighted by atomic mass is 9.76. The second kappa shape index (κ2) is 4.96. The number of nitrogens with zero attached hydrogens (tertiary/aromatic N) is 1. The van der Waals surface area contributed by atoms with Crippen LogP contribution in [0.25, 0.3) is 0 Å². The molecule has 2 aliphatic carbocycles. The number of rotatable bonds is 5. The molecule has 96 valence electrons. The summed E-state index contributed by atoms with van der Waals surface area (Å²) in [5.74, 6) is 0.703. The van der Waals surface area contributed by atoms with Gasteiger partial charge in [0.1, 0.15) is 0 Å². The summed E-state index contributed by atoms with van der Waals surface area (Å²) in [5.41, 5.74) is 0.167. The third-order valence-corrected chi connectivity index (χ3v) is 4.64. The predicted molar refractivity (Wildman–Crippen MR) is 67.3 cm³/mol. The first-order chi connectivity index (χ1) is 8.14. The van der Waals surface area contributed by atoms with E-state index in [1.165, 1.54) is 25.7 Å². The molecule has 0 heterocycles. The van der Waals surface area contributed by atoms with Gasteiger partial charge in [-0.1, -0.05) is 19.8 Å². The molecule has 0 aromatic heterocycles. The molecule has 17 heavy (non-hydrogen) atoms. The van der Waals surface area contributed by atoms with Crippen molar-refractivity contribution in [1.82, 2.24) is 5.32 Å². The first-order valence-electron chi connectivity index (χ1n) is 6.87. The minimum atomic E-state index is -0.0668. The molecule has 0 aliphatic heterocycles. The lowest BCUT2D eigenvalue weighted by Crippen LogP contribution is -2.53. The van der Waals surface area contributed by atoms with E-state index in [1.54, 1.807) is 0 Å². The number of nitrogens with one attached hydrogen (secondary N) is 1. The van der Waals surface area contributed by atoms with Gasteiger partial charge in [-0.2, -0.15) is 5.26 Å². The smallest absolute Gasteiger partial charge is 0.0628 e. The van der Waals surface area contributed by atoms with Crippen molar-refractivity contribution in [3.8, 4) is 6.07 Å². The van der Waals surface area contributed by atoms with Crippen LogP contribution in [0, 0.1) is 22.7 Å². The van der Waals surface area contributed by atoms with Crippen LogP contribution in [-0.2, 0) is 0 Å². The van der Waals surface area contributed by atoms with Gasteiger partial charge in [-0.3, -0.25) is 0 Å². The molecular formula is C14H24N2O. The summed E-state index contributed by atoms with van der Waals surface area (Å²) in [6.07, 6.45) is 7.65. The molecule has 2 unspecified atom stereocenters. The molecule has 0 saturated heterocycles. The zero-order chi connectivity index (χ0) is 12.4. The van der Waals surface area contributed by atoms with Gasteiger partial charge in [0.2, 0.25) is 0 Å². The third-order valence-electron chi connectivity index (χ3n) is 4.64. The van der Waals surface area contributed by atoms with E-state index in [2.05, 4.69) is 18.3 Å². The molecular weight excluding hydrogens is 212 g/mol. The first-order valence-corrected chi connectivity index (χ1v) is 6.87. The summed E-state index contributed by atoms with van der Waals surface area (Å²) < 4.78 is 0. The Morgan fingerprint density at radius 1 is 1.41 bits per heavy atom. The fourth-order valence-corrected chi connectivity index (χ4v) is 3.16. The summed E-state index contributed by atoms with van der Waals surface area (Å²) in [6, 6.07) is 2.30. The van der Waals surface area contributed by atoms with Crippen molar-refractivity contribution < 1.29 is 5.11 Å². The molecule has 0 aromatic carbocycles. The Labute approximate surface area is 104 Å². The highest BCUT2D eigenvalue weighted by molar-refractivity contribution is 5.03. The van der Waals surface area contributed by atoms with E-state index in [0.717, 1.165) is 19.4 Å². The molecule has 0 radical (unpaired) electrons. The summed E-state index contributed by atoms with van der Waals surface area (Å²) in [7, 11) is 0. The largest absolute Gasteiger partial charge is 0.394 e. The Morgan fingerprint density at radius 2 is 2.18 bits per heavy atom. The van der Waals surface area contributed by atoms with Crippen LogP contribution in [0.3, 0.4) is 0 Å². The van der Waals surface area contributed by atoms with E-state index < -0.39 is 0 Å². The minimum Gasteiger partial charge on any atom is -0.394 e. The van der Waals surface area contributed by atoms with Gasteiger partial charge in [0.05, 0.1) is 12.7 Å². The van der Waals surface area contributed by atoms with Gasteiger partial charge in [-0.25, -0.2) is 0 Å². The van der Waals surface area contributed by atoms with Crippen molar-refractivity contribution >= 4 is 0 Å². The number of aliphatic hydroxyl groups excluding tert-OH is 1. The molecule has 0 aromatic rings. The molecule has 2 rings (SSSR count). The Kier molecular flexibility index (Phi) is 3.75. The van der Waals surface area contributed by atoms with Crippen molar-refractivity contribution in [2.45, 2.75) is 57.4 Å². The van der Waals surface area contributed by atoms with Crippen LogP contribution in [0.15, 0.2) is 0 Å². The van der Waals surface area contributed by atoms with Crippen LogP contribution < -0.4 is 5.32 Å². The minimum absolute atomic E-state index is 0.0668. The zero-order valence-corrected chi connectivity index (χ0v) is 10.8.